The summed E-state index contributed by atoms with van der Waals surface area (Å²) in [4.78, 5) is 37.7. The zero-order valence-electron chi connectivity index (χ0n) is 12.4. The molecule has 6 heteroatoms. The van der Waals surface area contributed by atoms with E-state index in [4.69, 9.17) is 0 Å². The van der Waals surface area contributed by atoms with Crippen LogP contribution in [-0.2, 0) is 4.79 Å². The zero-order valence-corrected chi connectivity index (χ0v) is 12.4. The number of imide groups is 1. The Hall–Kier alpha value is -2.21. The first kappa shape index (κ1) is 15.2. The van der Waals surface area contributed by atoms with Gasteiger partial charge in [-0.1, -0.05) is 11.6 Å². The van der Waals surface area contributed by atoms with Crippen LogP contribution >= 0.6 is 0 Å². The van der Waals surface area contributed by atoms with Gasteiger partial charge in [-0.2, -0.15) is 0 Å². The molecule has 0 radical (unpaired) electrons. The third-order valence-corrected chi connectivity index (χ3v) is 3.51. The van der Waals surface area contributed by atoms with Crippen molar-refractivity contribution in [1.29, 1.82) is 0 Å². The van der Waals surface area contributed by atoms with Gasteiger partial charge in [-0.15, -0.1) is 0 Å². The Labute approximate surface area is 123 Å². The summed E-state index contributed by atoms with van der Waals surface area (Å²) in [6, 6.07) is 4.28. The van der Waals surface area contributed by atoms with Gasteiger partial charge in [0.1, 0.15) is 6.04 Å². The van der Waals surface area contributed by atoms with Crippen molar-refractivity contribution in [3.8, 4) is 0 Å². The van der Waals surface area contributed by atoms with Crippen molar-refractivity contribution in [2.24, 2.45) is 0 Å². The van der Waals surface area contributed by atoms with Crippen molar-refractivity contribution in [3.05, 3.63) is 34.9 Å². The lowest BCUT2D eigenvalue weighted by Crippen LogP contribution is -2.48. The van der Waals surface area contributed by atoms with Gasteiger partial charge in [0.05, 0.1) is 11.1 Å². The molecule has 1 aromatic rings. The Balaban J connectivity index is 2.17. The SMILES string of the molecule is CNCCNC(=O)C(C)N1C(=O)c2ccc(C)cc2C1=O. The summed E-state index contributed by atoms with van der Waals surface area (Å²) in [5.41, 5.74) is 1.64. The van der Waals surface area contributed by atoms with Gasteiger partial charge in [0, 0.05) is 13.1 Å². The second-order valence-corrected chi connectivity index (χ2v) is 5.10. The van der Waals surface area contributed by atoms with Crippen LogP contribution in [0.2, 0.25) is 0 Å². The molecule has 6 nitrogen and oxygen atoms in total. The number of hydrogen-bond acceptors (Lipinski definition) is 4. The molecule has 1 aromatic carbocycles. The maximum absolute atomic E-state index is 12.3. The van der Waals surface area contributed by atoms with E-state index in [0.717, 1.165) is 10.5 Å². The third kappa shape index (κ3) is 2.80. The highest BCUT2D eigenvalue weighted by Gasteiger charge is 2.40. The average molecular weight is 289 g/mol. The standard InChI is InChI=1S/C15H19N3O3/c1-9-4-5-11-12(8-9)15(21)18(14(11)20)10(2)13(19)17-7-6-16-3/h4-5,8,10,16H,6-7H2,1-3H3,(H,17,19). The first-order valence-electron chi connectivity index (χ1n) is 6.88. The van der Waals surface area contributed by atoms with Crippen molar-refractivity contribution in [3.63, 3.8) is 0 Å². The van der Waals surface area contributed by atoms with Crippen LogP contribution in [0.3, 0.4) is 0 Å². The van der Waals surface area contributed by atoms with Crippen LogP contribution in [-0.4, -0.2) is 48.8 Å². The Kier molecular flexibility index (Phi) is 4.37. The molecule has 0 aromatic heterocycles. The maximum atomic E-state index is 12.3. The lowest BCUT2D eigenvalue weighted by molar-refractivity contribution is -0.124. The summed E-state index contributed by atoms with van der Waals surface area (Å²) >= 11 is 0. The first-order chi connectivity index (χ1) is 9.97. The van der Waals surface area contributed by atoms with E-state index in [0.29, 0.717) is 24.2 Å². The maximum Gasteiger partial charge on any atom is 0.262 e. The number of carbonyl (C=O) groups is 3. The highest BCUT2D eigenvalue weighted by atomic mass is 16.2. The van der Waals surface area contributed by atoms with Gasteiger partial charge in [0.2, 0.25) is 5.91 Å². The molecule has 1 aliphatic heterocycles. The zero-order chi connectivity index (χ0) is 15.6. The van der Waals surface area contributed by atoms with Gasteiger partial charge in [-0.05, 0) is 33.0 Å². The predicted molar refractivity (Wildman–Crippen MR) is 78.1 cm³/mol. The van der Waals surface area contributed by atoms with Crippen LogP contribution in [0.15, 0.2) is 18.2 Å². The minimum absolute atomic E-state index is 0.337. The molecule has 0 fully saturated rings. The van der Waals surface area contributed by atoms with Gasteiger partial charge >= 0.3 is 0 Å². The van der Waals surface area contributed by atoms with Gasteiger partial charge in [0.25, 0.3) is 11.8 Å². The minimum Gasteiger partial charge on any atom is -0.353 e. The number of benzene rings is 1. The number of hydrogen-bond donors (Lipinski definition) is 2. The van der Waals surface area contributed by atoms with Crippen LogP contribution in [0.25, 0.3) is 0 Å². The lowest BCUT2D eigenvalue weighted by atomic mass is 10.1. The van der Waals surface area contributed by atoms with E-state index in [1.807, 2.05) is 6.92 Å². The van der Waals surface area contributed by atoms with Crippen molar-refractivity contribution in [1.82, 2.24) is 15.5 Å². The van der Waals surface area contributed by atoms with Crippen molar-refractivity contribution >= 4 is 17.7 Å². The molecule has 0 aliphatic carbocycles. The fourth-order valence-corrected chi connectivity index (χ4v) is 2.30. The summed E-state index contributed by atoms with van der Waals surface area (Å²) < 4.78 is 0. The molecule has 1 aliphatic rings. The van der Waals surface area contributed by atoms with Crippen LogP contribution in [0, 0.1) is 6.92 Å². The van der Waals surface area contributed by atoms with Gasteiger partial charge in [-0.3, -0.25) is 19.3 Å². The Morgan fingerprint density at radius 2 is 1.86 bits per heavy atom. The largest absolute Gasteiger partial charge is 0.353 e. The Morgan fingerprint density at radius 1 is 1.19 bits per heavy atom. The number of likely N-dealkylation sites (N-methyl/N-ethyl adjacent to an activating group) is 1. The van der Waals surface area contributed by atoms with E-state index in [9.17, 15) is 14.4 Å². The Bertz CT molecular complexity index is 598. The molecule has 3 amide bonds. The molecular weight excluding hydrogens is 270 g/mol. The highest BCUT2D eigenvalue weighted by molar-refractivity contribution is 6.22. The monoisotopic (exact) mass is 289 g/mol. The number of aryl methyl sites for hydroxylation is 1. The van der Waals surface area contributed by atoms with E-state index < -0.39 is 17.9 Å². The molecule has 1 unspecified atom stereocenters. The van der Waals surface area contributed by atoms with Crippen LogP contribution in [0.1, 0.15) is 33.2 Å². The van der Waals surface area contributed by atoms with Gasteiger partial charge in [0.15, 0.2) is 0 Å². The number of carbonyl (C=O) groups excluding carboxylic acids is 3. The minimum atomic E-state index is -0.824. The number of nitrogens with zero attached hydrogens (tertiary/aromatic N) is 1. The number of amides is 3. The first-order valence-corrected chi connectivity index (χ1v) is 6.88. The fourth-order valence-electron chi connectivity index (χ4n) is 2.30. The molecule has 1 atom stereocenters. The lowest BCUT2D eigenvalue weighted by Gasteiger charge is -2.21. The van der Waals surface area contributed by atoms with Crippen molar-refractivity contribution in [2.75, 3.05) is 20.1 Å². The van der Waals surface area contributed by atoms with Crippen LogP contribution in [0.5, 0.6) is 0 Å². The third-order valence-electron chi connectivity index (χ3n) is 3.51. The van der Waals surface area contributed by atoms with E-state index in [2.05, 4.69) is 10.6 Å². The summed E-state index contributed by atoms with van der Waals surface area (Å²) in [6.45, 7) is 4.49. The van der Waals surface area contributed by atoms with Crippen molar-refractivity contribution < 1.29 is 14.4 Å². The number of nitrogens with one attached hydrogen (secondary N) is 2. The molecule has 112 valence electrons. The predicted octanol–water partition coefficient (Wildman–Crippen LogP) is 0.315. The fraction of sp³-hybridized carbons (Fsp3) is 0.400. The van der Waals surface area contributed by atoms with E-state index in [-0.39, 0.29) is 5.91 Å². The Morgan fingerprint density at radius 3 is 2.52 bits per heavy atom. The van der Waals surface area contributed by atoms with Gasteiger partial charge < -0.3 is 10.6 Å². The molecule has 0 saturated carbocycles. The quantitative estimate of drug-likeness (QED) is 0.604. The molecule has 0 bridgehead atoms. The summed E-state index contributed by atoms with van der Waals surface area (Å²) in [7, 11) is 1.78. The van der Waals surface area contributed by atoms with E-state index in [1.165, 1.54) is 0 Å². The summed E-state index contributed by atoms with van der Waals surface area (Å²) in [5, 5.41) is 5.60. The van der Waals surface area contributed by atoms with Crippen LogP contribution in [0.4, 0.5) is 0 Å². The smallest absolute Gasteiger partial charge is 0.262 e. The molecule has 0 spiro atoms. The molecule has 1 heterocycles. The number of fused-ring (bicyclic) bond motifs is 1. The summed E-state index contributed by atoms with van der Waals surface area (Å²) in [5.74, 6) is -1.15. The molecule has 0 saturated heterocycles. The highest BCUT2D eigenvalue weighted by Crippen LogP contribution is 2.25. The molecular formula is C15H19N3O3. The molecule has 21 heavy (non-hydrogen) atoms. The van der Waals surface area contributed by atoms with E-state index in [1.54, 1.807) is 32.2 Å². The second kappa shape index (κ2) is 6.05. The topological polar surface area (TPSA) is 78.5 Å². The normalized spacial score (nSPS) is 15.1. The average Bonchev–Trinajstić information content (AvgIpc) is 2.70. The molecule has 2 N–H and O–H groups in total. The van der Waals surface area contributed by atoms with E-state index >= 15 is 0 Å². The second-order valence-electron chi connectivity index (χ2n) is 5.10. The van der Waals surface area contributed by atoms with Crippen LogP contribution < -0.4 is 10.6 Å². The van der Waals surface area contributed by atoms with Crippen molar-refractivity contribution in [2.45, 2.75) is 19.9 Å². The molecule has 2 rings (SSSR count). The number of rotatable bonds is 5. The summed E-state index contributed by atoms with van der Waals surface area (Å²) in [6.07, 6.45) is 0. The van der Waals surface area contributed by atoms with Gasteiger partial charge in [-0.25, -0.2) is 0 Å².